The fraction of sp³-hybridized carbons (Fsp3) is 0.0476. The number of benzene rings is 4. The van der Waals surface area contributed by atoms with Crippen molar-refractivity contribution in [3.05, 3.63) is 168 Å². The molecule has 8 rings (SSSR count). The summed E-state index contributed by atoms with van der Waals surface area (Å²) in [5.41, 5.74) is 6.30. The number of aliphatic imine (C=N–C) groups is 2. The molecule has 0 aliphatic carbocycles. The van der Waals surface area contributed by atoms with Gasteiger partial charge in [-0.1, -0.05) is 97.1 Å². The number of carbonyl (C=O) groups is 2. The predicted molar refractivity (Wildman–Crippen MR) is 204 cm³/mol. The van der Waals surface area contributed by atoms with Crippen LogP contribution in [0.1, 0.15) is 43.3 Å². The third-order valence-electron chi connectivity index (χ3n) is 8.79. The summed E-state index contributed by atoms with van der Waals surface area (Å²) >= 11 is 0. The van der Waals surface area contributed by atoms with Gasteiger partial charge in [-0.25, -0.2) is 20.0 Å². The van der Waals surface area contributed by atoms with E-state index in [9.17, 15) is 9.59 Å². The fourth-order valence-corrected chi connectivity index (χ4v) is 6.28. The Labute approximate surface area is 303 Å². The molecule has 53 heavy (non-hydrogen) atoms. The van der Waals surface area contributed by atoms with Gasteiger partial charge in [0.05, 0.1) is 23.5 Å². The summed E-state index contributed by atoms with van der Waals surface area (Å²) in [6.45, 7) is 3.75. The molecule has 11 heteroatoms. The molecule has 7 aromatic rings. The van der Waals surface area contributed by atoms with E-state index in [1.54, 1.807) is 18.3 Å². The van der Waals surface area contributed by atoms with Gasteiger partial charge in [0.2, 0.25) is 11.8 Å². The average Bonchev–Trinajstić information content (AvgIpc) is 4.00. The lowest BCUT2D eigenvalue weighted by atomic mass is 9.99. The number of anilines is 1. The quantitative estimate of drug-likeness (QED) is 0.145. The van der Waals surface area contributed by atoms with Crippen LogP contribution in [0, 0.1) is 13.8 Å². The van der Waals surface area contributed by atoms with Gasteiger partial charge >= 0.3 is 0 Å². The van der Waals surface area contributed by atoms with Crippen LogP contribution in [0.25, 0.3) is 33.7 Å². The second-order valence-electron chi connectivity index (χ2n) is 12.2. The van der Waals surface area contributed by atoms with E-state index in [4.69, 9.17) is 18.8 Å². The summed E-state index contributed by atoms with van der Waals surface area (Å²) in [7, 11) is 0. The van der Waals surface area contributed by atoms with Gasteiger partial charge in [-0.2, -0.15) is 0 Å². The molecule has 0 unspecified atom stereocenters. The Morgan fingerprint density at radius 3 is 1.75 bits per heavy atom. The maximum Gasteiger partial charge on any atom is 0.257 e. The number of aryl methyl sites for hydroxylation is 2. The Morgan fingerprint density at radius 2 is 1.17 bits per heavy atom. The van der Waals surface area contributed by atoms with Crippen LogP contribution in [0.15, 0.2) is 153 Å². The molecule has 258 valence electrons. The number of amidine groups is 2. The summed E-state index contributed by atoms with van der Waals surface area (Å²) in [5, 5.41) is 6.06. The number of nitrogens with zero attached hydrogens (tertiary/aromatic N) is 4. The minimum Gasteiger partial charge on any atom is -0.444 e. The first-order valence-electron chi connectivity index (χ1n) is 16.8. The first-order valence-corrected chi connectivity index (χ1v) is 16.8. The third-order valence-corrected chi connectivity index (χ3v) is 8.79. The summed E-state index contributed by atoms with van der Waals surface area (Å²) < 4.78 is 11.7. The van der Waals surface area contributed by atoms with E-state index in [-0.39, 0.29) is 35.3 Å². The summed E-state index contributed by atoms with van der Waals surface area (Å²) in [6, 6.07) is 33.8. The molecule has 0 saturated carbocycles. The van der Waals surface area contributed by atoms with Gasteiger partial charge in [0.25, 0.3) is 11.8 Å². The SMILES string of the molecule is Cc1ccccc1C(=O)NC1=NC(=Nc2[nH]c(NC(=O)c3ccccc3C)c(-c3ncco3)c2-c2ccccc2)C(c2ccccc2)=C1c1ncco1. The van der Waals surface area contributed by atoms with Crippen LogP contribution >= 0.6 is 0 Å². The highest BCUT2D eigenvalue weighted by atomic mass is 16.3. The van der Waals surface area contributed by atoms with Crippen molar-refractivity contribution in [2.75, 3.05) is 5.32 Å². The number of aromatic nitrogens is 3. The highest BCUT2D eigenvalue weighted by molar-refractivity contribution is 6.50. The summed E-state index contributed by atoms with van der Waals surface area (Å²) in [5.74, 6) is 1.00. The molecule has 4 heterocycles. The highest BCUT2D eigenvalue weighted by Gasteiger charge is 2.33. The number of rotatable bonds is 8. The molecule has 0 fully saturated rings. The maximum atomic E-state index is 13.8. The molecule has 0 atom stereocenters. The first-order chi connectivity index (χ1) is 26.0. The van der Waals surface area contributed by atoms with Crippen LogP contribution in [0.2, 0.25) is 0 Å². The lowest BCUT2D eigenvalue weighted by molar-refractivity contribution is 0.0975. The smallest absolute Gasteiger partial charge is 0.257 e. The minimum absolute atomic E-state index is 0.215. The van der Waals surface area contributed by atoms with Gasteiger partial charge in [0.15, 0.2) is 5.84 Å². The van der Waals surface area contributed by atoms with Crippen LogP contribution < -0.4 is 10.6 Å². The standard InChI is InChI=1S/C42H31N7O4/c1-25-13-9-11-19-29(25)39(50)48-37-33(41-43-21-23-52-41)31(27-15-5-3-6-16-27)35(46-37)45-36-32(28-17-7-4-8-18-28)34(42-44-22-24-53-42)38(47-36)49-40(51)30-20-12-10-14-26(30)2/h3-24,46H,1-2H3,(H,48,50)(H,45,47,49,51). The van der Waals surface area contributed by atoms with Gasteiger partial charge < -0.3 is 24.5 Å². The number of hydrogen-bond acceptors (Lipinski definition) is 7. The molecule has 4 aromatic carbocycles. The summed E-state index contributed by atoms with van der Waals surface area (Å²) in [4.78, 5) is 49.9. The van der Waals surface area contributed by atoms with E-state index in [0.29, 0.717) is 45.0 Å². The van der Waals surface area contributed by atoms with Crippen molar-refractivity contribution in [1.82, 2.24) is 20.3 Å². The molecule has 0 spiro atoms. The average molecular weight is 698 g/mol. The van der Waals surface area contributed by atoms with Crippen LogP contribution in [0.5, 0.6) is 0 Å². The Kier molecular flexibility index (Phi) is 8.71. The van der Waals surface area contributed by atoms with Crippen molar-refractivity contribution in [1.29, 1.82) is 0 Å². The molecule has 0 bridgehead atoms. The number of aromatic amines is 1. The van der Waals surface area contributed by atoms with E-state index in [2.05, 4.69) is 25.6 Å². The van der Waals surface area contributed by atoms with Crippen LogP contribution in [-0.4, -0.2) is 38.4 Å². The molecule has 1 aliphatic heterocycles. The number of carbonyl (C=O) groups excluding carboxylic acids is 2. The lowest BCUT2D eigenvalue weighted by Gasteiger charge is -2.10. The molecule has 0 radical (unpaired) electrons. The van der Waals surface area contributed by atoms with E-state index < -0.39 is 0 Å². The Hall–Kier alpha value is -7.40. The van der Waals surface area contributed by atoms with Crippen molar-refractivity contribution >= 4 is 46.3 Å². The monoisotopic (exact) mass is 697 g/mol. The number of amides is 2. The van der Waals surface area contributed by atoms with Crippen molar-refractivity contribution in [3.8, 4) is 22.6 Å². The van der Waals surface area contributed by atoms with Crippen LogP contribution in [-0.2, 0) is 0 Å². The topological polar surface area (TPSA) is 151 Å². The second-order valence-corrected chi connectivity index (χ2v) is 12.2. The molecule has 2 amide bonds. The largest absolute Gasteiger partial charge is 0.444 e. The van der Waals surface area contributed by atoms with Crippen molar-refractivity contribution in [3.63, 3.8) is 0 Å². The van der Waals surface area contributed by atoms with Gasteiger partial charge in [-0.05, 0) is 48.2 Å². The molecule has 11 nitrogen and oxygen atoms in total. The highest BCUT2D eigenvalue weighted by Crippen LogP contribution is 2.45. The molecule has 1 aliphatic rings. The zero-order valence-corrected chi connectivity index (χ0v) is 28.6. The number of H-pyrrole nitrogens is 1. The molecular formula is C42H31N7O4. The van der Waals surface area contributed by atoms with Gasteiger partial charge in [0, 0.05) is 22.3 Å². The maximum absolute atomic E-state index is 13.8. The Balaban J connectivity index is 1.36. The van der Waals surface area contributed by atoms with Crippen molar-refractivity contribution in [2.45, 2.75) is 13.8 Å². The minimum atomic E-state index is -0.350. The molecule has 0 saturated heterocycles. The Morgan fingerprint density at radius 1 is 0.623 bits per heavy atom. The van der Waals surface area contributed by atoms with Gasteiger partial charge in [-0.3, -0.25) is 9.59 Å². The molecule has 3 aromatic heterocycles. The third kappa shape index (κ3) is 6.38. The number of oxazole rings is 2. The van der Waals surface area contributed by atoms with E-state index in [1.807, 2.05) is 111 Å². The van der Waals surface area contributed by atoms with E-state index in [0.717, 1.165) is 22.3 Å². The Bertz CT molecular complexity index is 2550. The van der Waals surface area contributed by atoms with Crippen LogP contribution in [0.4, 0.5) is 11.6 Å². The van der Waals surface area contributed by atoms with Crippen LogP contribution in [0.3, 0.4) is 0 Å². The van der Waals surface area contributed by atoms with Crippen molar-refractivity contribution in [2.24, 2.45) is 9.98 Å². The van der Waals surface area contributed by atoms with E-state index >= 15 is 0 Å². The zero-order valence-electron chi connectivity index (χ0n) is 28.6. The predicted octanol–water partition coefficient (Wildman–Crippen LogP) is 8.68. The zero-order chi connectivity index (χ0) is 36.3. The van der Waals surface area contributed by atoms with Gasteiger partial charge in [-0.15, -0.1) is 0 Å². The normalized spacial score (nSPS) is 13.3. The molecular weight excluding hydrogens is 667 g/mol. The number of nitrogens with one attached hydrogen (secondary N) is 3. The second kappa shape index (κ2) is 14.1. The number of hydrogen-bond donors (Lipinski definition) is 3. The fourth-order valence-electron chi connectivity index (χ4n) is 6.28. The first kappa shape index (κ1) is 32.8. The van der Waals surface area contributed by atoms with Crippen molar-refractivity contribution < 1.29 is 18.4 Å². The van der Waals surface area contributed by atoms with Gasteiger partial charge in [0.1, 0.15) is 30.0 Å². The van der Waals surface area contributed by atoms with E-state index in [1.165, 1.54) is 18.7 Å². The molecule has 3 N–H and O–H groups in total. The lowest BCUT2D eigenvalue weighted by Crippen LogP contribution is -2.31. The summed E-state index contributed by atoms with van der Waals surface area (Å²) in [6.07, 6.45) is 6.01.